The average molecular weight is 296 g/mol. The Labute approximate surface area is 130 Å². The van der Waals surface area contributed by atoms with E-state index in [1.807, 2.05) is 0 Å². The van der Waals surface area contributed by atoms with Gasteiger partial charge in [0.2, 0.25) is 0 Å². The first-order valence-electron chi connectivity index (χ1n) is 7.76. The van der Waals surface area contributed by atoms with Crippen LogP contribution >= 0.6 is 0 Å². The molecule has 0 atom stereocenters. The second-order valence-electron chi connectivity index (χ2n) is 5.82. The van der Waals surface area contributed by atoms with Crippen LogP contribution in [0.5, 0.6) is 11.5 Å². The number of nitrogens with one attached hydrogen (secondary N) is 2. The van der Waals surface area contributed by atoms with E-state index < -0.39 is 0 Å². The van der Waals surface area contributed by atoms with Gasteiger partial charge in [0.1, 0.15) is 13.2 Å². The van der Waals surface area contributed by atoms with E-state index in [9.17, 15) is 0 Å². The molecule has 2 N–H and O–H groups in total. The molecule has 0 bridgehead atoms. The highest BCUT2D eigenvalue weighted by Crippen LogP contribution is 2.48. The molecule has 0 aliphatic carbocycles. The van der Waals surface area contributed by atoms with Crippen molar-refractivity contribution in [2.45, 2.75) is 13.8 Å². The zero-order valence-electron chi connectivity index (χ0n) is 13.0. The first kappa shape index (κ1) is 13.3. The summed E-state index contributed by atoms with van der Waals surface area (Å²) in [4.78, 5) is 0. The topological polar surface area (TPSA) is 42.5 Å². The number of fused-ring (bicyclic) bond motifs is 2. The lowest BCUT2D eigenvalue weighted by atomic mass is 9.92. The minimum Gasteiger partial charge on any atom is -0.489 e. The van der Waals surface area contributed by atoms with Crippen molar-refractivity contribution in [3.05, 3.63) is 35.4 Å². The van der Waals surface area contributed by atoms with Crippen molar-refractivity contribution in [3.63, 3.8) is 0 Å². The smallest absolute Gasteiger partial charge is 0.150 e. The highest BCUT2D eigenvalue weighted by molar-refractivity contribution is 5.89. The molecule has 0 fully saturated rings. The summed E-state index contributed by atoms with van der Waals surface area (Å²) in [5.74, 6) is 1.88. The van der Waals surface area contributed by atoms with Crippen molar-refractivity contribution >= 4 is 11.4 Å². The highest BCUT2D eigenvalue weighted by atomic mass is 16.5. The minimum absolute atomic E-state index is 0.691. The predicted molar refractivity (Wildman–Crippen MR) is 89.3 cm³/mol. The quantitative estimate of drug-likeness (QED) is 0.844. The van der Waals surface area contributed by atoms with E-state index in [0.717, 1.165) is 47.1 Å². The molecule has 0 unspecified atom stereocenters. The Kier molecular flexibility index (Phi) is 3.10. The molecule has 0 saturated carbocycles. The van der Waals surface area contributed by atoms with Crippen molar-refractivity contribution in [2.24, 2.45) is 0 Å². The maximum absolute atomic E-state index is 6.00. The summed E-state index contributed by atoms with van der Waals surface area (Å²) in [5.41, 5.74) is 6.81. The molecule has 2 heterocycles. The summed E-state index contributed by atoms with van der Waals surface area (Å²) in [6, 6.07) is 8.48. The number of hydrogen-bond acceptors (Lipinski definition) is 4. The molecule has 4 rings (SSSR count). The maximum Gasteiger partial charge on any atom is 0.150 e. The normalized spacial score (nSPS) is 15.5. The lowest BCUT2D eigenvalue weighted by Crippen LogP contribution is -2.20. The van der Waals surface area contributed by atoms with Crippen LogP contribution < -0.4 is 20.1 Å². The molecule has 0 spiro atoms. The van der Waals surface area contributed by atoms with E-state index in [4.69, 9.17) is 9.47 Å². The molecule has 2 aromatic carbocycles. The van der Waals surface area contributed by atoms with Crippen LogP contribution in [-0.4, -0.2) is 26.3 Å². The van der Waals surface area contributed by atoms with E-state index in [1.54, 1.807) is 0 Å². The predicted octanol–water partition coefficient (Wildman–Crippen LogP) is 3.58. The zero-order chi connectivity index (χ0) is 15.1. The van der Waals surface area contributed by atoms with Gasteiger partial charge in [-0.15, -0.1) is 0 Å². The first-order valence-corrected chi connectivity index (χ1v) is 7.76. The fourth-order valence-electron chi connectivity index (χ4n) is 3.24. The van der Waals surface area contributed by atoms with Gasteiger partial charge in [-0.25, -0.2) is 0 Å². The second kappa shape index (κ2) is 5.13. The summed E-state index contributed by atoms with van der Waals surface area (Å²) in [7, 11) is 0. The molecule has 2 aliphatic rings. The summed E-state index contributed by atoms with van der Waals surface area (Å²) in [6.45, 7) is 7.33. The third kappa shape index (κ3) is 1.98. The number of aryl methyl sites for hydroxylation is 2. The van der Waals surface area contributed by atoms with Gasteiger partial charge < -0.3 is 20.1 Å². The molecule has 0 amide bonds. The molecule has 114 valence electrons. The Morgan fingerprint density at radius 3 is 1.64 bits per heavy atom. The summed E-state index contributed by atoms with van der Waals surface area (Å²) in [5, 5.41) is 6.84. The third-order valence-corrected chi connectivity index (χ3v) is 4.31. The summed E-state index contributed by atoms with van der Waals surface area (Å²) >= 11 is 0. The van der Waals surface area contributed by atoms with E-state index in [0.29, 0.717) is 13.2 Å². The lowest BCUT2D eigenvalue weighted by Gasteiger charge is -2.27. The Bertz CT molecular complexity index is 677. The maximum atomic E-state index is 6.00. The SMILES string of the molecule is Cc1ccc2c(c1-c1c(C)ccc3c1OCCN3)OCCN2. The fraction of sp³-hybridized carbons (Fsp3) is 0.333. The molecule has 0 radical (unpaired) electrons. The number of rotatable bonds is 1. The average Bonchev–Trinajstić information content (AvgIpc) is 2.56. The monoisotopic (exact) mass is 296 g/mol. The molecule has 22 heavy (non-hydrogen) atoms. The number of ether oxygens (including phenoxy) is 2. The van der Waals surface area contributed by atoms with Gasteiger partial charge in [0.15, 0.2) is 11.5 Å². The summed E-state index contributed by atoms with van der Waals surface area (Å²) < 4.78 is 12.0. The summed E-state index contributed by atoms with van der Waals surface area (Å²) in [6.07, 6.45) is 0. The lowest BCUT2D eigenvalue weighted by molar-refractivity contribution is 0.319. The highest BCUT2D eigenvalue weighted by Gasteiger charge is 2.24. The Hall–Kier alpha value is -2.36. The van der Waals surface area contributed by atoms with Crippen molar-refractivity contribution in [1.82, 2.24) is 0 Å². The number of hydrogen-bond donors (Lipinski definition) is 2. The van der Waals surface area contributed by atoms with Gasteiger partial charge in [0.05, 0.1) is 11.4 Å². The van der Waals surface area contributed by atoms with Crippen LogP contribution in [0, 0.1) is 13.8 Å². The Balaban J connectivity index is 2.00. The van der Waals surface area contributed by atoms with Gasteiger partial charge in [-0.2, -0.15) is 0 Å². The molecular weight excluding hydrogens is 276 g/mol. The van der Waals surface area contributed by atoms with Crippen LogP contribution in [0.3, 0.4) is 0 Å². The van der Waals surface area contributed by atoms with E-state index >= 15 is 0 Å². The first-order chi connectivity index (χ1) is 10.8. The van der Waals surface area contributed by atoms with Crippen molar-refractivity contribution in [3.8, 4) is 22.6 Å². The Morgan fingerprint density at radius 1 is 0.727 bits per heavy atom. The number of benzene rings is 2. The number of anilines is 2. The minimum atomic E-state index is 0.691. The van der Waals surface area contributed by atoms with Gasteiger partial charge in [-0.05, 0) is 37.1 Å². The standard InChI is InChI=1S/C18H20N2O2/c1-11-3-5-13-17(21-9-7-19-13)15(11)16-12(2)4-6-14-18(16)22-10-8-20-14/h3-6,19-20H,7-10H2,1-2H3. The van der Waals surface area contributed by atoms with E-state index in [2.05, 4.69) is 48.7 Å². The van der Waals surface area contributed by atoms with Crippen molar-refractivity contribution < 1.29 is 9.47 Å². The van der Waals surface area contributed by atoms with Crippen LogP contribution in [-0.2, 0) is 0 Å². The zero-order valence-corrected chi connectivity index (χ0v) is 13.0. The van der Waals surface area contributed by atoms with Crippen LogP contribution in [0.1, 0.15) is 11.1 Å². The third-order valence-electron chi connectivity index (χ3n) is 4.31. The van der Waals surface area contributed by atoms with Gasteiger partial charge in [-0.1, -0.05) is 12.1 Å². The van der Waals surface area contributed by atoms with E-state index in [1.165, 1.54) is 11.1 Å². The molecule has 2 aliphatic heterocycles. The molecule has 4 heteroatoms. The van der Waals surface area contributed by atoms with Crippen molar-refractivity contribution in [2.75, 3.05) is 36.9 Å². The second-order valence-corrected chi connectivity index (χ2v) is 5.82. The van der Waals surface area contributed by atoms with E-state index in [-0.39, 0.29) is 0 Å². The van der Waals surface area contributed by atoms with Gasteiger partial charge >= 0.3 is 0 Å². The van der Waals surface area contributed by atoms with Crippen LogP contribution in [0.4, 0.5) is 11.4 Å². The van der Waals surface area contributed by atoms with Crippen molar-refractivity contribution in [1.29, 1.82) is 0 Å². The molecule has 2 aromatic rings. The molecular formula is C18H20N2O2. The van der Waals surface area contributed by atoms with Crippen LogP contribution in [0.25, 0.3) is 11.1 Å². The van der Waals surface area contributed by atoms with Gasteiger partial charge in [-0.3, -0.25) is 0 Å². The molecule has 0 aromatic heterocycles. The fourth-order valence-corrected chi connectivity index (χ4v) is 3.24. The van der Waals surface area contributed by atoms with Crippen LogP contribution in [0.15, 0.2) is 24.3 Å². The van der Waals surface area contributed by atoms with Gasteiger partial charge in [0, 0.05) is 24.2 Å². The van der Waals surface area contributed by atoms with Crippen LogP contribution in [0.2, 0.25) is 0 Å². The molecule has 0 saturated heterocycles. The largest absolute Gasteiger partial charge is 0.489 e. The molecule has 4 nitrogen and oxygen atoms in total. The van der Waals surface area contributed by atoms with Gasteiger partial charge in [0.25, 0.3) is 0 Å². The Morgan fingerprint density at radius 2 is 1.18 bits per heavy atom.